The van der Waals surface area contributed by atoms with Crippen molar-refractivity contribution in [3.8, 4) is 0 Å². The zero-order valence-electron chi connectivity index (χ0n) is 9.30. The number of halogens is 3. The van der Waals surface area contributed by atoms with Crippen LogP contribution in [0.25, 0.3) is 0 Å². The molecule has 0 aliphatic carbocycles. The van der Waals surface area contributed by atoms with Gasteiger partial charge >= 0.3 is 12.2 Å². The minimum absolute atomic E-state index is 0.0465. The maximum Gasteiger partial charge on any atom is 0.418 e. The minimum atomic E-state index is -4.54. The van der Waals surface area contributed by atoms with Gasteiger partial charge in [-0.25, -0.2) is 4.79 Å². The lowest BCUT2D eigenvalue weighted by molar-refractivity contribution is -0.136. The lowest BCUT2D eigenvalue weighted by Crippen LogP contribution is -2.27. The molecule has 0 heterocycles. The van der Waals surface area contributed by atoms with Gasteiger partial charge in [-0.1, -0.05) is 0 Å². The first-order valence-corrected chi connectivity index (χ1v) is 4.67. The highest BCUT2D eigenvalue weighted by atomic mass is 19.4. The van der Waals surface area contributed by atoms with Crippen molar-refractivity contribution in [2.75, 3.05) is 25.1 Å². The van der Waals surface area contributed by atoms with Gasteiger partial charge in [-0.3, -0.25) is 0 Å². The van der Waals surface area contributed by atoms with Gasteiger partial charge in [-0.05, 0) is 18.2 Å². The van der Waals surface area contributed by atoms with Crippen LogP contribution in [0.1, 0.15) is 5.56 Å². The molecule has 2 amide bonds. The molecule has 94 valence electrons. The molecule has 1 aromatic rings. The maximum absolute atomic E-state index is 12.5. The van der Waals surface area contributed by atoms with E-state index < -0.39 is 17.8 Å². The molecule has 0 radical (unpaired) electrons. The van der Waals surface area contributed by atoms with Crippen LogP contribution in [0.4, 0.5) is 29.3 Å². The Morgan fingerprint density at radius 2 is 1.94 bits per heavy atom. The Hall–Kier alpha value is -1.92. The number of nitrogens with one attached hydrogen (secondary N) is 1. The molecule has 1 rings (SSSR count). The second kappa shape index (κ2) is 4.52. The second-order valence-electron chi connectivity index (χ2n) is 3.62. The van der Waals surface area contributed by atoms with Gasteiger partial charge < -0.3 is 16.0 Å². The number of nitrogens with zero attached hydrogens (tertiary/aromatic N) is 1. The van der Waals surface area contributed by atoms with Crippen LogP contribution in [0, 0.1) is 0 Å². The fourth-order valence-corrected chi connectivity index (χ4v) is 1.11. The molecule has 0 aliphatic rings. The van der Waals surface area contributed by atoms with Crippen molar-refractivity contribution >= 4 is 17.4 Å². The van der Waals surface area contributed by atoms with Gasteiger partial charge in [0.2, 0.25) is 0 Å². The molecular weight excluding hydrogens is 235 g/mol. The Bertz CT molecular complexity index is 429. The summed E-state index contributed by atoms with van der Waals surface area (Å²) in [5.74, 6) is 0. The third-order valence-electron chi connectivity index (χ3n) is 2.02. The number of amides is 2. The minimum Gasteiger partial charge on any atom is -0.398 e. The Morgan fingerprint density at radius 3 is 2.41 bits per heavy atom. The van der Waals surface area contributed by atoms with Crippen LogP contribution in [0.15, 0.2) is 18.2 Å². The van der Waals surface area contributed by atoms with Gasteiger partial charge in [-0.2, -0.15) is 13.2 Å². The van der Waals surface area contributed by atoms with Crippen molar-refractivity contribution < 1.29 is 18.0 Å². The fourth-order valence-electron chi connectivity index (χ4n) is 1.11. The first-order valence-electron chi connectivity index (χ1n) is 4.67. The lowest BCUT2D eigenvalue weighted by atomic mass is 10.1. The Balaban J connectivity index is 3.01. The van der Waals surface area contributed by atoms with Crippen molar-refractivity contribution in [1.82, 2.24) is 4.90 Å². The topological polar surface area (TPSA) is 58.4 Å². The maximum atomic E-state index is 12.5. The fraction of sp³-hybridized carbons (Fsp3) is 0.300. The molecule has 1 aromatic carbocycles. The predicted molar refractivity (Wildman–Crippen MR) is 58.6 cm³/mol. The standard InChI is InChI=1S/C10H12F3N3O/c1-16(2)9(17)15-6-3-4-8(14)7(5-6)10(11,12)13/h3-5H,14H2,1-2H3,(H,15,17). The summed E-state index contributed by atoms with van der Waals surface area (Å²) in [6.07, 6.45) is -4.54. The molecule has 0 bridgehead atoms. The molecular formula is C10H12F3N3O. The number of benzene rings is 1. The van der Waals surface area contributed by atoms with Crippen LogP contribution < -0.4 is 11.1 Å². The van der Waals surface area contributed by atoms with Crippen molar-refractivity contribution in [2.45, 2.75) is 6.18 Å². The summed E-state index contributed by atoms with van der Waals surface area (Å²) in [4.78, 5) is 12.5. The molecule has 0 saturated carbocycles. The molecule has 0 aromatic heterocycles. The average Bonchev–Trinajstić information content (AvgIpc) is 2.19. The summed E-state index contributed by atoms with van der Waals surface area (Å²) in [5.41, 5.74) is 3.93. The largest absolute Gasteiger partial charge is 0.418 e. The summed E-state index contributed by atoms with van der Waals surface area (Å²) in [7, 11) is 2.97. The molecule has 3 N–H and O–H groups in total. The third-order valence-corrected chi connectivity index (χ3v) is 2.02. The summed E-state index contributed by atoms with van der Waals surface area (Å²) in [5, 5.41) is 2.31. The van der Waals surface area contributed by atoms with Crippen molar-refractivity contribution in [1.29, 1.82) is 0 Å². The molecule has 4 nitrogen and oxygen atoms in total. The number of rotatable bonds is 1. The van der Waals surface area contributed by atoms with Gasteiger partial charge in [-0.15, -0.1) is 0 Å². The SMILES string of the molecule is CN(C)C(=O)Nc1ccc(N)c(C(F)(F)F)c1. The van der Waals surface area contributed by atoms with Crippen LogP contribution >= 0.6 is 0 Å². The van der Waals surface area contributed by atoms with Crippen molar-refractivity contribution in [3.63, 3.8) is 0 Å². The molecule has 0 unspecified atom stereocenters. The van der Waals surface area contributed by atoms with E-state index in [9.17, 15) is 18.0 Å². The average molecular weight is 247 g/mol. The van der Waals surface area contributed by atoms with E-state index in [1.54, 1.807) is 0 Å². The molecule has 0 atom stereocenters. The predicted octanol–water partition coefficient (Wildman–Crippen LogP) is 2.38. The van der Waals surface area contributed by atoms with Crippen LogP contribution in [-0.2, 0) is 6.18 Å². The number of anilines is 2. The highest BCUT2D eigenvalue weighted by molar-refractivity contribution is 5.89. The smallest absolute Gasteiger partial charge is 0.398 e. The number of alkyl halides is 3. The van der Waals surface area contributed by atoms with Crippen LogP contribution in [0.5, 0.6) is 0 Å². The number of carbonyl (C=O) groups excluding carboxylic acids is 1. The number of hydrogen-bond acceptors (Lipinski definition) is 2. The van der Waals surface area contributed by atoms with E-state index >= 15 is 0 Å². The second-order valence-corrected chi connectivity index (χ2v) is 3.62. The number of carbonyl (C=O) groups is 1. The van der Waals surface area contributed by atoms with E-state index in [4.69, 9.17) is 5.73 Å². The van der Waals surface area contributed by atoms with Crippen LogP contribution in [0.2, 0.25) is 0 Å². The number of hydrogen-bond donors (Lipinski definition) is 2. The van der Waals surface area contributed by atoms with Crippen LogP contribution in [0.3, 0.4) is 0 Å². The Labute approximate surface area is 96.2 Å². The van der Waals surface area contributed by atoms with Gasteiger partial charge in [0.25, 0.3) is 0 Å². The van der Waals surface area contributed by atoms with E-state index in [2.05, 4.69) is 5.32 Å². The summed E-state index contributed by atoms with van der Waals surface area (Å²) in [6.45, 7) is 0. The van der Waals surface area contributed by atoms with Gasteiger partial charge in [0.05, 0.1) is 5.56 Å². The molecule has 7 heteroatoms. The van der Waals surface area contributed by atoms with E-state index in [1.807, 2.05) is 0 Å². The van der Waals surface area contributed by atoms with Crippen LogP contribution in [-0.4, -0.2) is 25.0 Å². The quantitative estimate of drug-likeness (QED) is 0.748. The molecule has 0 aliphatic heterocycles. The third kappa shape index (κ3) is 3.27. The zero-order valence-corrected chi connectivity index (χ0v) is 9.30. The first kappa shape index (κ1) is 13.1. The zero-order chi connectivity index (χ0) is 13.2. The highest BCUT2D eigenvalue weighted by Crippen LogP contribution is 2.35. The number of urea groups is 1. The highest BCUT2D eigenvalue weighted by Gasteiger charge is 2.33. The first-order chi connectivity index (χ1) is 7.71. The number of nitrogens with two attached hydrogens (primary N) is 1. The Morgan fingerprint density at radius 1 is 1.35 bits per heavy atom. The van der Waals surface area contributed by atoms with E-state index in [0.717, 1.165) is 12.1 Å². The summed E-state index contributed by atoms with van der Waals surface area (Å²) < 4.78 is 37.6. The van der Waals surface area contributed by atoms with E-state index in [0.29, 0.717) is 0 Å². The number of nitrogen functional groups attached to an aromatic ring is 1. The summed E-state index contributed by atoms with van der Waals surface area (Å²) in [6, 6.07) is 2.71. The van der Waals surface area contributed by atoms with Gasteiger partial charge in [0.1, 0.15) is 0 Å². The molecule has 0 fully saturated rings. The van der Waals surface area contributed by atoms with Crippen molar-refractivity contribution in [3.05, 3.63) is 23.8 Å². The van der Waals surface area contributed by atoms with E-state index in [-0.39, 0.29) is 11.4 Å². The summed E-state index contributed by atoms with van der Waals surface area (Å²) >= 11 is 0. The Kier molecular flexibility index (Phi) is 3.50. The van der Waals surface area contributed by atoms with E-state index in [1.165, 1.54) is 25.1 Å². The lowest BCUT2D eigenvalue weighted by Gasteiger charge is -2.15. The van der Waals surface area contributed by atoms with Gasteiger partial charge in [0.15, 0.2) is 0 Å². The van der Waals surface area contributed by atoms with Gasteiger partial charge in [0, 0.05) is 25.5 Å². The van der Waals surface area contributed by atoms with Crippen molar-refractivity contribution in [2.24, 2.45) is 0 Å². The molecule has 0 saturated heterocycles. The normalized spacial score (nSPS) is 11.1. The molecule has 17 heavy (non-hydrogen) atoms. The molecule has 0 spiro atoms. The monoisotopic (exact) mass is 247 g/mol.